The summed E-state index contributed by atoms with van der Waals surface area (Å²) in [6, 6.07) is 7.61. The number of aryl methyl sites for hydroxylation is 2. The Balaban J connectivity index is 0.000000144. The second-order valence-corrected chi connectivity index (χ2v) is 11.8. The van der Waals surface area contributed by atoms with Crippen LogP contribution in [-0.4, -0.2) is 87.2 Å². The van der Waals surface area contributed by atoms with Crippen molar-refractivity contribution in [3.63, 3.8) is 0 Å². The van der Waals surface area contributed by atoms with Crippen molar-refractivity contribution in [3.8, 4) is 23.0 Å². The van der Waals surface area contributed by atoms with Crippen molar-refractivity contribution in [2.45, 2.75) is 0 Å². The summed E-state index contributed by atoms with van der Waals surface area (Å²) in [5.41, 5.74) is 3.50. The van der Waals surface area contributed by atoms with Crippen molar-refractivity contribution >= 4 is 45.0 Å². The van der Waals surface area contributed by atoms with E-state index < -0.39 is 10.4 Å². The smallest absolute Gasteiger partial charge is 0.421 e. The van der Waals surface area contributed by atoms with E-state index in [9.17, 15) is 13.0 Å². The van der Waals surface area contributed by atoms with Gasteiger partial charge in [-0.1, -0.05) is 5.11 Å². The first-order valence-electron chi connectivity index (χ1n) is 14.9. The molecule has 2 aromatic heterocycles. The summed E-state index contributed by atoms with van der Waals surface area (Å²) in [7, 11) is 0.275. The molecule has 0 fully saturated rings. The van der Waals surface area contributed by atoms with Gasteiger partial charge in [-0.3, -0.25) is 4.18 Å². The van der Waals surface area contributed by atoms with Gasteiger partial charge in [0, 0.05) is 41.8 Å². The second kappa shape index (κ2) is 14.2. The lowest BCUT2D eigenvalue weighted by Crippen LogP contribution is -2.38. The maximum Gasteiger partial charge on any atom is 0.421 e. The number of nitrogens with one attached hydrogen (secondary N) is 1. The van der Waals surface area contributed by atoms with Gasteiger partial charge in [0.2, 0.25) is 16.3 Å². The van der Waals surface area contributed by atoms with Crippen molar-refractivity contribution in [1.82, 2.24) is 14.5 Å². The van der Waals surface area contributed by atoms with E-state index in [2.05, 4.69) is 44.4 Å². The molecule has 0 aliphatic carbocycles. The molecular weight excluding hydrogens is 648 g/mol. The Kier molecular flexibility index (Phi) is 9.69. The van der Waals surface area contributed by atoms with E-state index in [1.54, 1.807) is 12.4 Å². The molecule has 2 aromatic carbocycles. The van der Waals surface area contributed by atoms with Gasteiger partial charge in [-0.15, -0.1) is 10.2 Å². The number of rotatable bonds is 5. The normalized spacial score (nSPS) is 15.9. The first kappa shape index (κ1) is 32.7. The van der Waals surface area contributed by atoms with Crippen LogP contribution in [0.5, 0.6) is 23.0 Å². The van der Waals surface area contributed by atoms with Gasteiger partial charge < -0.3 is 38.3 Å². The van der Waals surface area contributed by atoms with E-state index in [-0.39, 0.29) is 0 Å². The van der Waals surface area contributed by atoms with E-state index >= 15 is 0 Å². The topological polar surface area (TPSA) is 197 Å². The van der Waals surface area contributed by atoms with Gasteiger partial charge in [0.1, 0.15) is 66.5 Å². The first-order chi connectivity index (χ1) is 23.2. The number of anilines is 2. The number of azo groups is 2. The van der Waals surface area contributed by atoms with E-state index in [1.807, 2.05) is 59.9 Å². The molecule has 6 heterocycles. The Morgan fingerprint density at radius 2 is 1.29 bits per heavy atom. The Labute approximate surface area is 276 Å². The van der Waals surface area contributed by atoms with Crippen molar-refractivity contribution in [2.24, 2.45) is 34.6 Å². The van der Waals surface area contributed by atoms with Crippen LogP contribution in [-0.2, 0) is 28.7 Å². The van der Waals surface area contributed by atoms with Gasteiger partial charge in [0.25, 0.3) is 0 Å². The number of hydrogen-bond donors (Lipinski definition) is 1. The summed E-state index contributed by atoms with van der Waals surface area (Å²) in [5.74, 6) is 4.51. The van der Waals surface area contributed by atoms with Crippen LogP contribution in [0.1, 0.15) is 0 Å². The number of aromatic nitrogens is 4. The monoisotopic (exact) mass is 682 g/mol. The van der Waals surface area contributed by atoms with E-state index in [0.29, 0.717) is 38.1 Å². The standard InChI is InChI=1S/C15H18N5O2.C13H13N5O2.CH4O4S/c1-18-3-4-19(2)15(18)17-16-11-9-12-14-13(10-11)22-8-6-20(14)5-7-21-12;1-2-15-13(14-1)17-16-9-7-10-12-11(8-9)20-6-4-18(12)3-5-19-10;1-5-6(2,3)4/h3-4,9-10H,5-8H2,1-2H3;1-2,7-8H,3-6H2,(H,14,15);1H3,(H,2,3,4)/q+1;;/p-1. The quantitative estimate of drug-likeness (QED) is 0.140. The van der Waals surface area contributed by atoms with Gasteiger partial charge in [0.05, 0.1) is 65.5 Å². The predicted octanol–water partition coefficient (Wildman–Crippen LogP) is 3.37. The summed E-state index contributed by atoms with van der Waals surface area (Å²) in [4.78, 5) is 11.5. The van der Waals surface area contributed by atoms with Crippen molar-refractivity contribution < 1.29 is 40.7 Å². The Bertz CT molecular complexity index is 1830. The summed E-state index contributed by atoms with van der Waals surface area (Å²) >= 11 is 0. The highest BCUT2D eigenvalue weighted by molar-refractivity contribution is 7.80. The molecule has 4 aliphatic heterocycles. The minimum Gasteiger partial charge on any atom is -0.726 e. The highest BCUT2D eigenvalue weighted by atomic mass is 32.3. The molecule has 19 heteroatoms. The fraction of sp³-hybridized carbons (Fsp3) is 0.379. The molecule has 254 valence electrons. The third-order valence-corrected chi connectivity index (χ3v) is 7.91. The van der Waals surface area contributed by atoms with E-state index in [0.717, 1.165) is 79.3 Å². The summed E-state index contributed by atoms with van der Waals surface area (Å²) in [6.45, 7) is 6.37. The van der Waals surface area contributed by atoms with Crippen LogP contribution in [0.15, 0.2) is 69.5 Å². The van der Waals surface area contributed by atoms with Crippen LogP contribution < -0.4 is 33.3 Å². The zero-order valence-corrected chi connectivity index (χ0v) is 27.3. The molecule has 0 bridgehead atoms. The molecule has 8 rings (SSSR count). The molecule has 0 unspecified atom stereocenters. The van der Waals surface area contributed by atoms with Crippen LogP contribution in [0.25, 0.3) is 0 Å². The van der Waals surface area contributed by atoms with Crippen LogP contribution >= 0.6 is 0 Å². The van der Waals surface area contributed by atoms with Gasteiger partial charge >= 0.3 is 5.95 Å². The molecule has 0 radical (unpaired) electrons. The van der Waals surface area contributed by atoms with Crippen LogP contribution in [0.4, 0.5) is 34.6 Å². The van der Waals surface area contributed by atoms with Gasteiger partial charge in [-0.25, -0.2) is 22.5 Å². The molecule has 48 heavy (non-hydrogen) atoms. The molecule has 0 atom stereocenters. The number of hydrogen-bond acceptors (Lipinski definition) is 15. The molecule has 4 aliphatic rings. The lowest BCUT2D eigenvalue weighted by Gasteiger charge is -2.36. The SMILES string of the molecule is COS(=O)(=O)[O-].Cn1cc[n+](C)c1N=Nc1cc2c3c(c1)OCCN3CCO2.c1c[nH]c(N=Nc2cc3c4c(c2)OCCN4CCO3)n1. The van der Waals surface area contributed by atoms with Gasteiger partial charge in [-0.2, -0.15) is 0 Å². The van der Waals surface area contributed by atoms with Crippen LogP contribution in [0.2, 0.25) is 0 Å². The maximum atomic E-state index is 9.22. The Hall–Kier alpha value is -5.27. The Morgan fingerprint density at radius 3 is 1.67 bits per heavy atom. The number of H-pyrrole nitrogens is 1. The first-order valence-corrected chi connectivity index (χ1v) is 16.2. The zero-order valence-electron chi connectivity index (χ0n) is 26.5. The summed E-state index contributed by atoms with van der Waals surface area (Å²) in [6.07, 6.45) is 7.22. The molecule has 1 N–H and O–H groups in total. The largest absolute Gasteiger partial charge is 0.726 e. The minimum atomic E-state index is -4.41. The fourth-order valence-electron chi connectivity index (χ4n) is 5.29. The molecule has 4 aromatic rings. The van der Waals surface area contributed by atoms with Crippen LogP contribution in [0, 0.1) is 0 Å². The molecule has 0 saturated heterocycles. The molecule has 0 amide bonds. The van der Waals surface area contributed by atoms with E-state index in [4.69, 9.17) is 18.9 Å². The molecular formula is C29H34N10O8S. The third-order valence-electron chi connectivity index (χ3n) is 7.50. The second-order valence-electron chi connectivity index (χ2n) is 10.7. The van der Waals surface area contributed by atoms with Gasteiger partial charge in [-0.05, 0) is 0 Å². The predicted molar refractivity (Wildman–Crippen MR) is 170 cm³/mol. The highest BCUT2D eigenvalue weighted by Gasteiger charge is 2.28. The molecule has 18 nitrogen and oxygen atoms in total. The molecule has 0 spiro atoms. The number of benzene rings is 2. The summed E-state index contributed by atoms with van der Waals surface area (Å²) in [5, 5.41) is 16.9. The fourth-order valence-corrected chi connectivity index (χ4v) is 5.29. The van der Waals surface area contributed by atoms with Crippen molar-refractivity contribution in [2.75, 3.05) is 69.5 Å². The third kappa shape index (κ3) is 7.64. The lowest BCUT2D eigenvalue weighted by molar-refractivity contribution is -0.657. The number of nitrogens with zero attached hydrogens (tertiary/aromatic N) is 9. The average molecular weight is 683 g/mol. The number of aromatic amines is 1. The number of imidazole rings is 2. The van der Waals surface area contributed by atoms with Crippen molar-refractivity contribution in [3.05, 3.63) is 49.1 Å². The van der Waals surface area contributed by atoms with Gasteiger partial charge in [0.15, 0.2) is 0 Å². The van der Waals surface area contributed by atoms with Crippen LogP contribution in [0.3, 0.4) is 0 Å². The van der Waals surface area contributed by atoms with E-state index in [1.165, 1.54) is 0 Å². The highest BCUT2D eigenvalue weighted by Crippen LogP contribution is 2.46. The Morgan fingerprint density at radius 1 is 0.833 bits per heavy atom. The zero-order chi connectivity index (χ0) is 33.7. The average Bonchev–Trinajstić information content (AvgIpc) is 3.72. The number of ether oxygens (including phenoxy) is 4. The maximum absolute atomic E-state index is 9.22. The van der Waals surface area contributed by atoms with Crippen molar-refractivity contribution in [1.29, 1.82) is 0 Å². The summed E-state index contributed by atoms with van der Waals surface area (Å²) < 4.78 is 57.8. The molecule has 0 saturated carbocycles. The lowest BCUT2D eigenvalue weighted by atomic mass is 10.1. The minimum absolute atomic E-state index is 0.472.